The molecule has 27 heavy (non-hydrogen) atoms. The number of aliphatic imine (C=N–C) groups is 1. The zero-order valence-electron chi connectivity index (χ0n) is 17.3. The molecule has 1 heterocycles. The summed E-state index contributed by atoms with van der Waals surface area (Å²) < 4.78 is 10.7. The summed E-state index contributed by atoms with van der Waals surface area (Å²) >= 11 is 1.65. The van der Waals surface area contributed by atoms with E-state index in [-0.39, 0.29) is 30.1 Å². The van der Waals surface area contributed by atoms with Gasteiger partial charge in [0.15, 0.2) is 5.96 Å². The Labute approximate surface area is 185 Å². The van der Waals surface area contributed by atoms with Gasteiger partial charge in [-0.2, -0.15) is 0 Å². The second-order valence-electron chi connectivity index (χ2n) is 7.26. The van der Waals surface area contributed by atoms with Crippen LogP contribution in [0.4, 0.5) is 0 Å². The largest absolute Gasteiger partial charge is 0.385 e. The van der Waals surface area contributed by atoms with Crippen LogP contribution in [0.15, 0.2) is 10.4 Å². The highest BCUT2D eigenvalue weighted by molar-refractivity contribution is 14.0. The third kappa shape index (κ3) is 7.14. The van der Waals surface area contributed by atoms with Crippen molar-refractivity contribution in [3.63, 3.8) is 0 Å². The van der Waals surface area contributed by atoms with Gasteiger partial charge in [0.2, 0.25) is 0 Å². The normalized spacial score (nSPS) is 17.4. The third-order valence-corrected chi connectivity index (χ3v) is 6.42. The summed E-state index contributed by atoms with van der Waals surface area (Å²) in [6.45, 7) is 4.54. The van der Waals surface area contributed by atoms with Crippen molar-refractivity contribution >= 4 is 41.3 Å². The van der Waals surface area contributed by atoms with Crippen LogP contribution in [0.1, 0.15) is 55.8 Å². The highest BCUT2D eigenvalue weighted by Crippen LogP contribution is 2.40. The zero-order valence-corrected chi connectivity index (χ0v) is 20.4. The van der Waals surface area contributed by atoms with Crippen molar-refractivity contribution < 1.29 is 9.47 Å². The van der Waals surface area contributed by atoms with E-state index in [4.69, 9.17) is 9.47 Å². The molecule has 0 aliphatic heterocycles. The maximum atomic E-state index is 5.35. The first-order chi connectivity index (χ1) is 12.5. The van der Waals surface area contributed by atoms with Crippen molar-refractivity contribution in [2.24, 2.45) is 10.4 Å². The maximum absolute atomic E-state index is 5.35. The van der Waals surface area contributed by atoms with E-state index < -0.39 is 0 Å². The molecule has 1 saturated carbocycles. The Bertz CT molecular complexity index is 576. The van der Waals surface area contributed by atoms with Gasteiger partial charge in [0.05, 0.1) is 12.2 Å². The molecule has 2 rings (SSSR count). The number of hydrogen-bond acceptors (Lipinski definition) is 5. The van der Waals surface area contributed by atoms with Crippen molar-refractivity contribution in [3.8, 4) is 0 Å². The quantitative estimate of drug-likeness (QED) is 0.308. The number of halogens is 1. The lowest BCUT2D eigenvalue weighted by molar-refractivity contribution is 0.119. The van der Waals surface area contributed by atoms with Crippen molar-refractivity contribution in [1.29, 1.82) is 0 Å². The smallest absolute Gasteiger partial charge is 0.193 e. The standard InChI is InChI=1S/C19H34N4O2S.HI/c1-15(25-5)17-22-16(13-26-17)12-23(3)18(20-2)21-14-19(10-11-24-4)8-6-7-9-19;/h13,15H,6-12,14H2,1-5H3,(H,20,21);1H. The minimum Gasteiger partial charge on any atom is -0.385 e. The number of thiazole rings is 1. The SMILES string of the molecule is CN=C(NCC1(CCOC)CCCC1)N(C)Cc1csc(C(C)OC)n1.I. The summed E-state index contributed by atoms with van der Waals surface area (Å²) in [4.78, 5) is 11.3. The molecule has 0 aromatic carbocycles. The first kappa shape index (κ1) is 24.6. The Morgan fingerprint density at radius 2 is 2.11 bits per heavy atom. The van der Waals surface area contributed by atoms with Crippen LogP contribution in [0.5, 0.6) is 0 Å². The van der Waals surface area contributed by atoms with Crippen LogP contribution in [-0.2, 0) is 16.0 Å². The Balaban J connectivity index is 0.00000364. The van der Waals surface area contributed by atoms with Crippen molar-refractivity contribution in [2.45, 2.75) is 51.7 Å². The maximum Gasteiger partial charge on any atom is 0.193 e. The molecule has 8 heteroatoms. The fraction of sp³-hybridized carbons (Fsp3) is 0.789. The minimum atomic E-state index is 0. The number of methoxy groups -OCH3 is 2. The van der Waals surface area contributed by atoms with Crippen LogP contribution in [0.25, 0.3) is 0 Å². The van der Waals surface area contributed by atoms with Crippen LogP contribution >= 0.6 is 35.3 Å². The first-order valence-electron chi connectivity index (χ1n) is 9.41. The van der Waals surface area contributed by atoms with Gasteiger partial charge in [0, 0.05) is 46.8 Å². The number of nitrogens with one attached hydrogen (secondary N) is 1. The van der Waals surface area contributed by atoms with Crippen LogP contribution in [0.2, 0.25) is 0 Å². The van der Waals surface area contributed by atoms with Crippen molar-refractivity contribution in [3.05, 3.63) is 16.1 Å². The second-order valence-corrected chi connectivity index (χ2v) is 8.15. The van der Waals surface area contributed by atoms with Gasteiger partial charge in [-0.25, -0.2) is 4.98 Å². The summed E-state index contributed by atoms with van der Waals surface area (Å²) in [5, 5.41) is 6.71. The van der Waals surface area contributed by atoms with E-state index >= 15 is 0 Å². The molecule has 0 amide bonds. The van der Waals surface area contributed by atoms with E-state index in [1.807, 2.05) is 14.0 Å². The fourth-order valence-corrected chi connectivity index (χ4v) is 4.45. The molecule has 1 aromatic rings. The van der Waals surface area contributed by atoms with Crippen molar-refractivity contribution in [2.75, 3.05) is 41.5 Å². The summed E-state index contributed by atoms with van der Waals surface area (Å²) in [7, 11) is 7.40. The number of guanidine groups is 1. The molecule has 0 bridgehead atoms. The molecule has 1 fully saturated rings. The monoisotopic (exact) mass is 510 g/mol. The molecule has 0 spiro atoms. The Morgan fingerprint density at radius 3 is 2.70 bits per heavy atom. The van der Waals surface area contributed by atoms with Gasteiger partial charge in [-0.05, 0) is 31.6 Å². The number of nitrogens with zero attached hydrogens (tertiary/aromatic N) is 3. The molecule has 1 aliphatic carbocycles. The lowest BCUT2D eigenvalue weighted by Gasteiger charge is -2.31. The Hall–Kier alpha value is -0.450. The number of rotatable bonds is 9. The van der Waals surface area contributed by atoms with Crippen LogP contribution in [0.3, 0.4) is 0 Å². The average molecular weight is 510 g/mol. The van der Waals surface area contributed by atoms with Crippen molar-refractivity contribution in [1.82, 2.24) is 15.2 Å². The first-order valence-corrected chi connectivity index (χ1v) is 10.3. The molecular formula is C19H35IN4O2S. The molecular weight excluding hydrogens is 475 g/mol. The van der Waals surface area contributed by atoms with Gasteiger partial charge >= 0.3 is 0 Å². The van der Waals surface area contributed by atoms with E-state index in [1.165, 1.54) is 25.7 Å². The van der Waals surface area contributed by atoms with Crippen LogP contribution < -0.4 is 5.32 Å². The van der Waals surface area contributed by atoms with Crippen LogP contribution in [-0.4, -0.2) is 57.3 Å². The van der Waals surface area contributed by atoms with Gasteiger partial charge in [-0.1, -0.05) is 12.8 Å². The molecule has 6 nitrogen and oxygen atoms in total. The zero-order chi connectivity index (χ0) is 19.0. The highest BCUT2D eigenvalue weighted by atomic mass is 127. The highest BCUT2D eigenvalue weighted by Gasteiger charge is 2.33. The van der Waals surface area contributed by atoms with Crippen LogP contribution in [0, 0.1) is 5.41 Å². The predicted octanol–water partition coefficient (Wildman–Crippen LogP) is 4.07. The van der Waals surface area contributed by atoms with E-state index in [0.717, 1.165) is 42.8 Å². The summed E-state index contributed by atoms with van der Waals surface area (Å²) in [5.74, 6) is 0.919. The molecule has 1 aliphatic rings. The molecule has 156 valence electrons. The van der Waals surface area contributed by atoms with E-state index in [0.29, 0.717) is 5.41 Å². The van der Waals surface area contributed by atoms with Gasteiger partial charge in [0.25, 0.3) is 0 Å². The topological polar surface area (TPSA) is 59.0 Å². The molecule has 1 unspecified atom stereocenters. The van der Waals surface area contributed by atoms with Gasteiger partial charge < -0.3 is 19.7 Å². The molecule has 1 atom stereocenters. The number of ether oxygens (including phenoxy) is 2. The lowest BCUT2D eigenvalue weighted by atomic mass is 9.83. The average Bonchev–Trinajstić information content (AvgIpc) is 3.30. The molecule has 0 saturated heterocycles. The number of aromatic nitrogens is 1. The Kier molecular flexibility index (Phi) is 11.1. The van der Waals surface area contributed by atoms with Gasteiger partial charge in [0.1, 0.15) is 11.1 Å². The second kappa shape index (κ2) is 12.2. The van der Waals surface area contributed by atoms with E-state index in [9.17, 15) is 0 Å². The molecule has 0 radical (unpaired) electrons. The van der Waals surface area contributed by atoms with Gasteiger partial charge in [-0.3, -0.25) is 4.99 Å². The number of hydrogen-bond donors (Lipinski definition) is 1. The summed E-state index contributed by atoms with van der Waals surface area (Å²) in [6, 6.07) is 0. The third-order valence-electron chi connectivity index (χ3n) is 5.37. The molecule has 1 aromatic heterocycles. The lowest BCUT2D eigenvalue weighted by Crippen LogP contribution is -2.44. The minimum absolute atomic E-state index is 0. The fourth-order valence-electron chi connectivity index (χ4n) is 3.61. The van der Waals surface area contributed by atoms with E-state index in [2.05, 4.69) is 32.6 Å². The van der Waals surface area contributed by atoms with Gasteiger partial charge in [-0.15, -0.1) is 35.3 Å². The summed E-state index contributed by atoms with van der Waals surface area (Å²) in [5.41, 5.74) is 1.39. The summed E-state index contributed by atoms with van der Waals surface area (Å²) in [6.07, 6.45) is 6.34. The molecule has 1 N–H and O–H groups in total. The Morgan fingerprint density at radius 1 is 1.41 bits per heavy atom. The predicted molar refractivity (Wildman–Crippen MR) is 123 cm³/mol. The van der Waals surface area contributed by atoms with E-state index in [1.54, 1.807) is 25.6 Å².